The van der Waals surface area contributed by atoms with E-state index >= 15 is 0 Å². The van der Waals surface area contributed by atoms with Crippen LogP contribution in [-0.4, -0.2) is 33.5 Å². The summed E-state index contributed by atoms with van der Waals surface area (Å²) in [7, 11) is 1.58. The average molecular weight is 475 g/mol. The molecule has 0 fully saturated rings. The largest absolute Gasteiger partial charge is 0.495 e. The van der Waals surface area contributed by atoms with Crippen LogP contribution in [0.25, 0.3) is 5.69 Å². The van der Waals surface area contributed by atoms with Crippen LogP contribution in [0.2, 0.25) is 0 Å². The summed E-state index contributed by atoms with van der Waals surface area (Å²) in [5.74, 6) is 2.03. The monoisotopic (exact) mass is 474 g/mol. The first kappa shape index (κ1) is 23.4. The number of para-hydroxylation sites is 1. The molecule has 34 heavy (non-hydrogen) atoms. The second-order valence-corrected chi connectivity index (χ2v) is 8.65. The number of aryl methyl sites for hydroxylation is 2. The fourth-order valence-corrected chi connectivity index (χ4v) is 4.11. The number of thioether (sulfide) groups is 1. The van der Waals surface area contributed by atoms with Gasteiger partial charge >= 0.3 is 0 Å². The number of carbonyl (C=O) groups is 1. The lowest BCUT2D eigenvalue weighted by molar-refractivity contribution is -0.113. The Morgan fingerprint density at radius 2 is 1.71 bits per heavy atom. The molecule has 0 radical (unpaired) electrons. The van der Waals surface area contributed by atoms with Crippen molar-refractivity contribution in [3.05, 3.63) is 89.7 Å². The van der Waals surface area contributed by atoms with Gasteiger partial charge in [-0.3, -0.25) is 9.36 Å². The molecule has 4 aromatic rings. The summed E-state index contributed by atoms with van der Waals surface area (Å²) < 4.78 is 13.2. The van der Waals surface area contributed by atoms with Crippen molar-refractivity contribution in [2.45, 2.75) is 25.6 Å². The Kier molecular flexibility index (Phi) is 7.49. The Bertz CT molecular complexity index is 1260. The number of nitrogens with zero attached hydrogens (tertiary/aromatic N) is 3. The van der Waals surface area contributed by atoms with E-state index in [-0.39, 0.29) is 18.3 Å². The van der Waals surface area contributed by atoms with Gasteiger partial charge in [-0.1, -0.05) is 53.7 Å². The van der Waals surface area contributed by atoms with E-state index < -0.39 is 0 Å². The van der Waals surface area contributed by atoms with Crippen molar-refractivity contribution in [3.63, 3.8) is 0 Å². The highest BCUT2D eigenvalue weighted by Gasteiger charge is 2.17. The SMILES string of the molecule is COc1ccc(C)cc1NC(=O)CSc1nnc(COc2ccccc2)n1-c1ccc(C)cc1. The molecule has 1 aromatic heterocycles. The molecule has 0 saturated heterocycles. The topological polar surface area (TPSA) is 78.3 Å². The average Bonchev–Trinajstić information content (AvgIpc) is 3.25. The molecule has 4 rings (SSSR count). The van der Waals surface area contributed by atoms with Gasteiger partial charge in [-0.15, -0.1) is 10.2 Å². The predicted molar refractivity (Wildman–Crippen MR) is 134 cm³/mol. The van der Waals surface area contributed by atoms with Gasteiger partial charge in [-0.05, 0) is 55.8 Å². The standard InChI is InChI=1S/C26H26N4O3S/c1-18-9-12-20(13-10-18)30-24(16-33-21-7-5-4-6-8-21)28-29-26(30)34-17-25(31)27-22-15-19(2)11-14-23(22)32-3/h4-15H,16-17H2,1-3H3,(H,27,31). The second-order valence-electron chi connectivity index (χ2n) is 7.71. The quantitative estimate of drug-likeness (QED) is 0.336. The Hall–Kier alpha value is -3.78. The number of carbonyl (C=O) groups excluding carboxylic acids is 1. The maximum absolute atomic E-state index is 12.7. The number of ether oxygens (including phenoxy) is 2. The van der Waals surface area contributed by atoms with Crippen molar-refractivity contribution < 1.29 is 14.3 Å². The molecule has 0 aliphatic heterocycles. The van der Waals surface area contributed by atoms with Crippen molar-refractivity contribution in [3.8, 4) is 17.2 Å². The molecule has 0 aliphatic rings. The van der Waals surface area contributed by atoms with E-state index in [0.29, 0.717) is 22.4 Å². The third-order valence-electron chi connectivity index (χ3n) is 5.07. The first-order valence-corrected chi connectivity index (χ1v) is 11.8. The van der Waals surface area contributed by atoms with E-state index in [1.54, 1.807) is 7.11 Å². The third-order valence-corrected chi connectivity index (χ3v) is 5.99. The van der Waals surface area contributed by atoms with Crippen molar-refractivity contribution >= 4 is 23.4 Å². The van der Waals surface area contributed by atoms with Gasteiger partial charge in [0.25, 0.3) is 0 Å². The predicted octanol–water partition coefficient (Wildman–Crippen LogP) is 5.20. The first-order valence-electron chi connectivity index (χ1n) is 10.8. The molecule has 0 atom stereocenters. The number of hydrogen-bond donors (Lipinski definition) is 1. The minimum absolute atomic E-state index is 0.158. The molecule has 0 saturated carbocycles. The highest BCUT2D eigenvalue weighted by molar-refractivity contribution is 7.99. The fourth-order valence-electron chi connectivity index (χ4n) is 3.34. The molecular formula is C26H26N4O3S. The van der Waals surface area contributed by atoms with Crippen LogP contribution in [0, 0.1) is 13.8 Å². The highest BCUT2D eigenvalue weighted by atomic mass is 32.2. The maximum Gasteiger partial charge on any atom is 0.234 e. The second kappa shape index (κ2) is 10.9. The third kappa shape index (κ3) is 5.77. The summed E-state index contributed by atoms with van der Waals surface area (Å²) in [5, 5.41) is 12.2. The maximum atomic E-state index is 12.7. The van der Waals surface area contributed by atoms with E-state index in [1.807, 2.05) is 91.2 Å². The number of anilines is 1. The van der Waals surface area contributed by atoms with Crippen molar-refractivity contribution in [2.75, 3.05) is 18.2 Å². The Morgan fingerprint density at radius 1 is 0.971 bits per heavy atom. The normalized spacial score (nSPS) is 10.7. The highest BCUT2D eigenvalue weighted by Crippen LogP contribution is 2.27. The number of benzene rings is 3. The molecule has 1 amide bonds. The van der Waals surface area contributed by atoms with E-state index in [1.165, 1.54) is 11.8 Å². The number of rotatable bonds is 9. The minimum atomic E-state index is -0.158. The van der Waals surface area contributed by atoms with Crippen LogP contribution in [0.1, 0.15) is 17.0 Å². The zero-order valence-corrected chi connectivity index (χ0v) is 20.1. The van der Waals surface area contributed by atoms with Crippen LogP contribution in [0.3, 0.4) is 0 Å². The molecule has 1 heterocycles. The summed E-state index contributed by atoms with van der Waals surface area (Å²) >= 11 is 1.31. The molecular weight excluding hydrogens is 448 g/mol. The molecule has 174 valence electrons. The molecule has 0 aliphatic carbocycles. The number of aromatic nitrogens is 3. The number of methoxy groups -OCH3 is 1. The lowest BCUT2D eigenvalue weighted by Crippen LogP contribution is -2.15. The van der Waals surface area contributed by atoms with E-state index in [4.69, 9.17) is 9.47 Å². The van der Waals surface area contributed by atoms with Gasteiger partial charge in [0.15, 0.2) is 11.0 Å². The molecule has 1 N–H and O–H groups in total. The zero-order chi connectivity index (χ0) is 23.9. The number of nitrogens with one attached hydrogen (secondary N) is 1. The van der Waals surface area contributed by atoms with Crippen LogP contribution >= 0.6 is 11.8 Å². The van der Waals surface area contributed by atoms with Gasteiger partial charge < -0.3 is 14.8 Å². The summed E-state index contributed by atoms with van der Waals surface area (Å²) in [6.07, 6.45) is 0. The Balaban J connectivity index is 1.51. The minimum Gasteiger partial charge on any atom is -0.495 e. The molecule has 0 bridgehead atoms. The van der Waals surface area contributed by atoms with Crippen LogP contribution in [0.5, 0.6) is 11.5 Å². The van der Waals surface area contributed by atoms with Crippen LogP contribution in [0.15, 0.2) is 78.0 Å². The van der Waals surface area contributed by atoms with E-state index in [0.717, 1.165) is 22.6 Å². The molecule has 7 nitrogen and oxygen atoms in total. The van der Waals surface area contributed by atoms with Gasteiger partial charge in [0.1, 0.15) is 18.1 Å². The van der Waals surface area contributed by atoms with Gasteiger partial charge in [-0.25, -0.2) is 0 Å². The first-order chi connectivity index (χ1) is 16.5. The molecule has 0 unspecified atom stereocenters. The number of amides is 1. The summed E-state index contributed by atoms with van der Waals surface area (Å²) in [6, 6.07) is 23.3. The van der Waals surface area contributed by atoms with Gasteiger partial charge in [-0.2, -0.15) is 0 Å². The van der Waals surface area contributed by atoms with Gasteiger partial charge in [0.2, 0.25) is 5.91 Å². The lowest BCUT2D eigenvalue weighted by atomic mass is 10.2. The summed E-state index contributed by atoms with van der Waals surface area (Å²) in [4.78, 5) is 12.7. The van der Waals surface area contributed by atoms with Crippen molar-refractivity contribution in [2.24, 2.45) is 0 Å². The van der Waals surface area contributed by atoms with Crippen molar-refractivity contribution in [1.29, 1.82) is 0 Å². The summed E-state index contributed by atoms with van der Waals surface area (Å²) in [6.45, 7) is 4.25. The zero-order valence-electron chi connectivity index (χ0n) is 19.3. The van der Waals surface area contributed by atoms with Crippen LogP contribution in [0.4, 0.5) is 5.69 Å². The smallest absolute Gasteiger partial charge is 0.234 e. The van der Waals surface area contributed by atoms with E-state index in [9.17, 15) is 4.79 Å². The number of hydrogen-bond acceptors (Lipinski definition) is 6. The van der Waals surface area contributed by atoms with Crippen LogP contribution < -0.4 is 14.8 Å². The Labute approximate surface area is 203 Å². The lowest BCUT2D eigenvalue weighted by Gasteiger charge is -2.12. The van der Waals surface area contributed by atoms with E-state index in [2.05, 4.69) is 15.5 Å². The Morgan fingerprint density at radius 3 is 2.44 bits per heavy atom. The fraction of sp³-hybridized carbons (Fsp3) is 0.192. The van der Waals surface area contributed by atoms with Gasteiger partial charge in [0.05, 0.1) is 18.6 Å². The molecule has 8 heteroatoms. The molecule has 0 spiro atoms. The van der Waals surface area contributed by atoms with Crippen molar-refractivity contribution in [1.82, 2.24) is 14.8 Å². The molecule has 3 aromatic carbocycles. The van der Waals surface area contributed by atoms with Gasteiger partial charge in [0, 0.05) is 5.69 Å². The van der Waals surface area contributed by atoms with Crippen LogP contribution in [-0.2, 0) is 11.4 Å². The summed E-state index contributed by atoms with van der Waals surface area (Å²) in [5.41, 5.74) is 3.74.